The Morgan fingerprint density at radius 3 is 2.68 bits per heavy atom. The van der Waals surface area contributed by atoms with Gasteiger partial charge >= 0.3 is 11.9 Å². The van der Waals surface area contributed by atoms with Crippen LogP contribution >= 0.6 is 43.2 Å². The summed E-state index contributed by atoms with van der Waals surface area (Å²) < 4.78 is 30.4. The molecular weight excluding hydrogens is 891 g/mol. The summed E-state index contributed by atoms with van der Waals surface area (Å²) in [6, 6.07) is -0.426. The van der Waals surface area contributed by atoms with Crippen LogP contribution in [0.2, 0.25) is 0 Å². The minimum atomic E-state index is -2.94. The van der Waals surface area contributed by atoms with Crippen molar-refractivity contribution in [2.75, 3.05) is 63.9 Å². The number of aliphatic imine (C=N–C) groups is 1. The molecule has 1 saturated carbocycles. The fourth-order valence-electron chi connectivity index (χ4n) is 8.16. The number of carbonyl (C=O) groups excluding carboxylic acids is 1. The second-order valence-corrected chi connectivity index (χ2v) is 20.7. The predicted molar refractivity (Wildman–Crippen MR) is 234 cm³/mol. The number of carboxylic acids is 1. The van der Waals surface area contributed by atoms with Crippen LogP contribution < -0.4 is 21.3 Å². The monoisotopic (exact) mass is 948 g/mol. The highest BCUT2D eigenvalue weighted by molar-refractivity contribution is 8.78. The molecule has 5 aliphatic heterocycles. The third kappa shape index (κ3) is 11.7. The Kier molecular flexibility index (Phi) is 18.4. The molecule has 6 rings (SSSR count). The molecule has 1 aliphatic carbocycles. The Morgan fingerprint density at radius 2 is 1.94 bits per heavy atom. The van der Waals surface area contributed by atoms with E-state index in [1.807, 2.05) is 12.2 Å². The van der Waals surface area contributed by atoms with Crippen LogP contribution in [-0.4, -0.2) is 172 Å². The van der Waals surface area contributed by atoms with Crippen LogP contribution in [0.1, 0.15) is 25.7 Å². The number of rotatable bonds is 12. The number of hydrogen-bond donors (Lipinski definition) is 11. The molecule has 2 fully saturated rings. The van der Waals surface area contributed by atoms with Crippen LogP contribution in [0.4, 0.5) is 0 Å². The number of hydrogen-bond acceptors (Lipinski definition) is 19. The van der Waals surface area contributed by atoms with Crippen molar-refractivity contribution < 1.29 is 73.9 Å². The number of aliphatic carboxylic acids is 1. The fraction of sp³-hybridized carbons (Fsp3) is 0.667. The van der Waals surface area contributed by atoms with Crippen molar-refractivity contribution in [1.29, 1.82) is 0 Å². The topological polar surface area (TPSA) is 289 Å². The van der Waals surface area contributed by atoms with Gasteiger partial charge in [0.05, 0.1) is 48.6 Å². The van der Waals surface area contributed by atoms with Gasteiger partial charge in [0.1, 0.15) is 42.7 Å². The lowest BCUT2D eigenvalue weighted by atomic mass is 9.82. The maximum absolute atomic E-state index is 14.4. The zero-order valence-corrected chi connectivity index (χ0v) is 37.4. The number of carboxylic acid groups (broad SMARTS) is 1. The highest BCUT2D eigenvalue weighted by Gasteiger charge is 2.57. The fourth-order valence-corrected chi connectivity index (χ4v) is 14.2. The SMILES string of the molecule is CNCO[C@H]1[C@H](O[C@@H]2OC=C3C(=O)O[C@@H]4CCC[C@@H]4CSS[C@@H]4CSSC/C=C/[C@@H]2[C@@H]3/C=C/C2=C(NC(N)=NCCCO)C(C(=O)O)=C[NH+](C2)[C@@H]4CO)O[C@H](CO)[C@@H](O)C1(O)O. The Morgan fingerprint density at radius 1 is 1.11 bits per heavy atom. The van der Waals surface area contributed by atoms with E-state index in [9.17, 15) is 45.3 Å². The van der Waals surface area contributed by atoms with Crippen LogP contribution in [0.3, 0.4) is 0 Å². The number of aliphatic hydroxyl groups is 6. The quantitative estimate of drug-likeness (QED) is 0.0203. The van der Waals surface area contributed by atoms with E-state index in [1.54, 1.807) is 68.6 Å². The van der Waals surface area contributed by atoms with Gasteiger partial charge in [0, 0.05) is 47.8 Å². The summed E-state index contributed by atoms with van der Waals surface area (Å²) in [5.41, 5.74) is 6.93. The van der Waals surface area contributed by atoms with E-state index in [2.05, 4.69) is 15.6 Å². The molecule has 5 heterocycles. The average Bonchev–Trinajstić information content (AvgIpc) is 3.68. The summed E-state index contributed by atoms with van der Waals surface area (Å²) in [6.45, 7) is -0.966. The summed E-state index contributed by atoms with van der Waals surface area (Å²) in [6.07, 6.45) is 4.26. The normalized spacial score (nSPS) is 36.6. The second kappa shape index (κ2) is 23.2. The number of fused-ring (bicyclic) bond motifs is 2. The zero-order chi connectivity index (χ0) is 44.4. The number of ether oxygens (including phenoxy) is 5. The first kappa shape index (κ1) is 49.1. The van der Waals surface area contributed by atoms with E-state index in [0.717, 1.165) is 12.8 Å². The molecule has 346 valence electrons. The van der Waals surface area contributed by atoms with Gasteiger partial charge in [-0.3, -0.25) is 15.2 Å². The largest absolute Gasteiger partial charge is 0.477 e. The maximum Gasteiger partial charge on any atom is 0.343 e. The molecule has 0 aromatic rings. The summed E-state index contributed by atoms with van der Waals surface area (Å²) in [5, 5.41) is 79.6. The Bertz CT molecular complexity index is 1750. The average molecular weight is 949 g/mol. The van der Waals surface area contributed by atoms with Crippen molar-refractivity contribution in [2.45, 2.75) is 79.8 Å². The molecule has 19 nitrogen and oxygen atoms in total. The van der Waals surface area contributed by atoms with Gasteiger partial charge in [-0.25, -0.2) is 9.59 Å². The second-order valence-electron chi connectivity index (χ2n) is 15.5. The van der Waals surface area contributed by atoms with Gasteiger partial charge in [0.25, 0.3) is 0 Å². The van der Waals surface area contributed by atoms with Crippen molar-refractivity contribution in [3.8, 4) is 0 Å². The van der Waals surface area contributed by atoms with E-state index in [-0.39, 0.29) is 73.1 Å². The molecule has 0 radical (unpaired) electrons. The summed E-state index contributed by atoms with van der Waals surface area (Å²) >= 11 is 0. The first-order valence-electron chi connectivity index (χ1n) is 20.5. The molecule has 0 aromatic carbocycles. The van der Waals surface area contributed by atoms with Gasteiger partial charge in [-0.2, -0.15) is 0 Å². The van der Waals surface area contributed by atoms with Crippen molar-refractivity contribution in [3.05, 3.63) is 59.2 Å². The molecule has 1 saturated heterocycles. The van der Waals surface area contributed by atoms with Crippen LogP contribution in [0.5, 0.6) is 0 Å². The lowest BCUT2D eigenvalue weighted by molar-refractivity contribution is -0.870. The number of aliphatic hydroxyl groups excluding tert-OH is 4. The van der Waals surface area contributed by atoms with Gasteiger partial charge in [0.15, 0.2) is 18.4 Å². The smallest absolute Gasteiger partial charge is 0.343 e. The Balaban J connectivity index is 1.50. The summed E-state index contributed by atoms with van der Waals surface area (Å²) in [5.74, 6) is -4.74. The number of nitrogens with zero attached hydrogens (tertiary/aromatic N) is 1. The lowest BCUT2D eigenvalue weighted by Crippen LogP contribution is -3.14. The summed E-state index contributed by atoms with van der Waals surface area (Å²) in [7, 11) is 8.05. The number of quaternary nitrogens is 1. The molecule has 0 aromatic heterocycles. The Hall–Kier alpha value is -2.33. The number of guanidine groups is 1. The van der Waals surface area contributed by atoms with Gasteiger partial charge in [-0.05, 0) is 32.7 Å². The molecule has 4 bridgehead atoms. The minimum Gasteiger partial charge on any atom is -0.477 e. The molecule has 6 aliphatic rings. The van der Waals surface area contributed by atoms with Gasteiger partial charge in [0.2, 0.25) is 12.1 Å². The minimum absolute atomic E-state index is 0.0692. The van der Waals surface area contributed by atoms with Crippen molar-refractivity contribution in [1.82, 2.24) is 10.6 Å². The van der Waals surface area contributed by atoms with Gasteiger partial charge in [-0.1, -0.05) is 67.5 Å². The number of nitrogens with two attached hydrogens (primary N) is 1. The number of nitrogens with one attached hydrogen (secondary N) is 3. The number of carbonyl (C=O) groups is 2. The van der Waals surface area contributed by atoms with Crippen LogP contribution in [0, 0.1) is 17.8 Å². The zero-order valence-electron chi connectivity index (χ0n) is 34.2. The molecule has 23 heteroatoms. The first-order valence-corrected chi connectivity index (χ1v) is 25.4. The van der Waals surface area contributed by atoms with Crippen LogP contribution in [0.15, 0.2) is 64.2 Å². The molecular formula is C39H58N5O14S4+. The summed E-state index contributed by atoms with van der Waals surface area (Å²) in [4.78, 5) is 32.5. The van der Waals surface area contributed by atoms with Crippen LogP contribution in [-0.2, 0) is 33.3 Å². The number of allylic oxidation sites excluding steroid dienone is 1. The first-order chi connectivity index (χ1) is 29.9. The molecule has 1 unspecified atom stereocenters. The van der Waals surface area contributed by atoms with E-state index >= 15 is 0 Å². The van der Waals surface area contributed by atoms with E-state index in [4.69, 9.17) is 29.4 Å². The third-order valence-corrected chi connectivity index (χ3v) is 17.0. The van der Waals surface area contributed by atoms with Crippen molar-refractivity contribution in [3.63, 3.8) is 0 Å². The molecule has 0 amide bonds. The Labute approximate surface area is 375 Å². The number of esters is 1. The van der Waals surface area contributed by atoms with Crippen molar-refractivity contribution in [2.24, 2.45) is 28.5 Å². The van der Waals surface area contributed by atoms with Crippen LogP contribution in [0.25, 0.3) is 0 Å². The highest BCUT2D eigenvalue weighted by Crippen LogP contribution is 2.42. The lowest BCUT2D eigenvalue weighted by Gasteiger charge is -2.47. The highest BCUT2D eigenvalue weighted by atomic mass is 33.1. The van der Waals surface area contributed by atoms with E-state index in [1.165, 1.54) is 6.26 Å². The molecule has 62 heavy (non-hydrogen) atoms. The van der Waals surface area contributed by atoms with E-state index in [0.29, 0.717) is 40.6 Å². The standard InChI is InChI=1S/C39H57N5O14S4/c1-41-20-55-33-37(57-29(16-47)32(48)39(33,52)53)58-36-24-6-3-12-59-60-19-30-27(15-46)44-13-21(31(25(14-44)34(49)50)43-38(40)42-10-4-11-45)8-9-23(24)26(17-54-36)35(51)56-28-7-2-5-22(28)18-61-62-30/h3,6,8-9,14,17,22-24,27-30,32-33,36-37,41,45-48,52-53H,2,4-5,7,10-13,15-16,18-20H2,1H3,(H,49,50)(H3,40,42,43)/p+1/b6-3+,9-8+/t22-,23+,24-,27-,28-,29-,30-,32-,33+,36+,37+/m1/s1. The molecule has 12 atom stereocenters. The maximum atomic E-state index is 14.4. The predicted octanol–water partition coefficient (Wildman–Crippen LogP) is -1.45. The molecule has 0 spiro atoms. The van der Waals surface area contributed by atoms with Gasteiger partial charge in [-0.15, -0.1) is 0 Å². The third-order valence-electron chi connectivity index (χ3n) is 11.5. The van der Waals surface area contributed by atoms with Crippen molar-refractivity contribution >= 4 is 61.1 Å². The molecule has 12 N–H and O–H groups in total. The van der Waals surface area contributed by atoms with Gasteiger partial charge < -0.3 is 70.5 Å². The van der Waals surface area contributed by atoms with E-state index < -0.39 is 73.1 Å².